The fraction of sp³-hybridized carbons (Fsp3) is 0.217. The summed E-state index contributed by atoms with van der Waals surface area (Å²) in [6, 6.07) is 12.2. The second kappa shape index (κ2) is 7.17. The van der Waals surface area contributed by atoms with E-state index < -0.39 is 0 Å². The van der Waals surface area contributed by atoms with E-state index in [1.807, 2.05) is 30.6 Å². The van der Waals surface area contributed by atoms with Crippen LogP contribution in [0, 0.1) is 0 Å². The van der Waals surface area contributed by atoms with Gasteiger partial charge in [0.25, 0.3) is 0 Å². The molecule has 0 unspecified atom stereocenters. The summed E-state index contributed by atoms with van der Waals surface area (Å²) in [5.41, 5.74) is 6.45. The van der Waals surface area contributed by atoms with Gasteiger partial charge in [0, 0.05) is 66.8 Å². The van der Waals surface area contributed by atoms with Crippen LogP contribution in [0.1, 0.15) is 0 Å². The number of piperazine rings is 1. The number of likely N-dealkylation sites (N-methyl/N-ethyl adjacent to an activating group) is 1. The van der Waals surface area contributed by atoms with Crippen LogP contribution in [-0.4, -0.2) is 68.3 Å². The molecule has 1 aliphatic rings. The number of nitrogens with one attached hydrogen (secondary N) is 2. The van der Waals surface area contributed by atoms with Gasteiger partial charge in [-0.2, -0.15) is 5.10 Å². The third-order valence-corrected chi connectivity index (χ3v) is 5.99. The number of rotatable bonds is 3. The summed E-state index contributed by atoms with van der Waals surface area (Å²) in [5.74, 6) is 0. The molecule has 6 rings (SSSR count). The van der Waals surface area contributed by atoms with E-state index in [0.717, 1.165) is 70.9 Å². The third-order valence-electron chi connectivity index (χ3n) is 5.99. The molecule has 5 aromatic heterocycles. The van der Waals surface area contributed by atoms with Gasteiger partial charge < -0.3 is 14.8 Å². The molecule has 8 heteroatoms. The number of hydrogen-bond acceptors (Lipinski definition) is 6. The molecule has 154 valence electrons. The Morgan fingerprint density at radius 3 is 2.61 bits per heavy atom. The van der Waals surface area contributed by atoms with Crippen LogP contribution in [0.15, 0.2) is 55.0 Å². The molecular formula is C23H22N8. The molecule has 8 nitrogen and oxygen atoms in total. The minimum atomic E-state index is 0.751. The Morgan fingerprint density at radius 1 is 0.871 bits per heavy atom. The monoisotopic (exact) mass is 410 g/mol. The van der Waals surface area contributed by atoms with Gasteiger partial charge in [0.2, 0.25) is 0 Å². The number of H-pyrrole nitrogens is 2. The summed E-state index contributed by atoms with van der Waals surface area (Å²) in [4.78, 5) is 21.8. The van der Waals surface area contributed by atoms with Crippen LogP contribution in [0.5, 0.6) is 0 Å². The van der Waals surface area contributed by atoms with Crippen LogP contribution in [0.3, 0.4) is 0 Å². The Labute approximate surface area is 179 Å². The van der Waals surface area contributed by atoms with Crippen molar-refractivity contribution in [2.45, 2.75) is 0 Å². The molecule has 0 aliphatic carbocycles. The smallest absolute Gasteiger partial charge is 0.155 e. The van der Waals surface area contributed by atoms with E-state index >= 15 is 0 Å². The van der Waals surface area contributed by atoms with Crippen molar-refractivity contribution in [3.8, 4) is 22.6 Å². The number of fused-ring (bicyclic) bond motifs is 2. The lowest BCUT2D eigenvalue weighted by Gasteiger charge is -2.34. The van der Waals surface area contributed by atoms with Gasteiger partial charge in [-0.15, -0.1) is 0 Å². The van der Waals surface area contributed by atoms with E-state index in [-0.39, 0.29) is 0 Å². The van der Waals surface area contributed by atoms with Gasteiger partial charge in [-0.05, 0) is 37.4 Å². The van der Waals surface area contributed by atoms with Crippen LogP contribution in [0.4, 0.5) is 5.69 Å². The van der Waals surface area contributed by atoms with Crippen molar-refractivity contribution >= 4 is 27.8 Å². The summed E-state index contributed by atoms with van der Waals surface area (Å²) < 4.78 is 0. The van der Waals surface area contributed by atoms with Crippen LogP contribution in [0.2, 0.25) is 0 Å². The predicted octanol–water partition coefficient (Wildman–Crippen LogP) is 3.32. The van der Waals surface area contributed by atoms with Crippen molar-refractivity contribution in [1.29, 1.82) is 0 Å². The third kappa shape index (κ3) is 3.12. The molecular weight excluding hydrogens is 388 g/mol. The highest BCUT2D eigenvalue weighted by molar-refractivity contribution is 5.98. The molecule has 0 aromatic carbocycles. The zero-order valence-electron chi connectivity index (χ0n) is 17.2. The highest BCUT2D eigenvalue weighted by atomic mass is 15.2. The second-order valence-corrected chi connectivity index (χ2v) is 7.97. The normalized spacial score (nSPS) is 15.2. The molecule has 0 amide bonds. The predicted molar refractivity (Wildman–Crippen MR) is 122 cm³/mol. The SMILES string of the molecule is CN1CCN(c2ccnc3[nH]c(-c4n[nH]c5ncc(-c6ccccn6)cc45)cc23)CC1. The van der Waals surface area contributed by atoms with E-state index in [9.17, 15) is 0 Å². The van der Waals surface area contributed by atoms with Gasteiger partial charge in [0.1, 0.15) is 11.3 Å². The summed E-state index contributed by atoms with van der Waals surface area (Å²) in [6.07, 6.45) is 5.49. The quantitative estimate of drug-likeness (QED) is 0.474. The van der Waals surface area contributed by atoms with Gasteiger partial charge in [-0.1, -0.05) is 6.07 Å². The molecule has 0 saturated carbocycles. The summed E-state index contributed by atoms with van der Waals surface area (Å²) in [6.45, 7) is 4.15. The first kappa shape index (κ1) is 18.0. The van der Waals surface area contributed by atoms with Crippen LogP contribution in [0.25, 0.3) is 44.7 Å². The molecule has 0 radical (unpaired) electrons. The average molecular weight is 410 g/mol. The molecule has 31 heavy (non-hydrogen) atoms. The van der Waals surface area contributed by atoms with E-state index in [0.29, 0.717) is 0 Å². The minimum Gasteiger partial charge on any atom is -0.368 e. The Kier molecular flexibility index (Phi) is 4.17. The van der Waals surface area contributed by atoms with E-state index in [1.54, 1.807) is 6.20 Å². The Balaban J connectivity index is 1.44. The van der Waals surface area contributed by atoms with Gasteiger partial charge in [-0.25, -0.2) is 9.97 Å². The highest BCUT2D eigenvalue weighted by Gasteiger charge is 2.19. The van der Waals surface area contributed by atoms with Crippen molar-refractivity contribution in [1.82, 2.24) is 35.0 Å². The molecule has 6 heterocycles. The summed E-state index contributed by atoms with van der Waals surface area (Å²) >= 11 is 0. The molecule has 5 aromatic rings. The maximum atomic E-state index is 4.57. The Bertz CT molecular complexity index is 1360. The maximum Gasteiger partial charge on any atom is 0.155 e. The number of nitrogens with zero attached hydrogens (tertiary/aromatic N) is 6. The number of anilines is 1. The van der Waals surface area contributed by atoms with Crippen molar-refractivity contribution in [2.24, 2.45) is 0 Å². The molecule has 1 saturated heterocycles. The van der Waals surface area contributed by atoms with Crippen LogP contribution >= 0.6 is 0 Å². The Hall–Kier alpha value is -3.78. The molecule has 0 bridgehead atoms. The van der Waals surface area contributed by atoms with Crippen molar-refractivity contribution in [3.05, 3.63) is 55.0 Å². The van der Waals surface area contributed by atoms with Crippen molar-refractivity contribution < 1.29 is 0 Å². The molecule has 1 aliphatic heterocycles. The highest BCUT2D eigenvalue weighted by Crippen LogP contribution is 2.33. The van der Waals surface area contributed by atoms with E-state index in [2.05, 4.69) is 65.2 Å². The molecule has 1 fully saturated rings. The van der Waals surface area contributed by atoms with Gasteiger partial charge in [0.05, 0.1) is 11.4 Å². The first-order valence-electron chi connectivity index (χ1n) is 10.4. The largest absolute Gasteiger partial charge is 0.368 e. The second-order valence-electron chi connectivity index (χ2n) is 7.97. The topological polar surface area (TPSA) is 89.6 Å². The lowest BCUT2D eigenvalue weighted by atomic mass is 10.1. The standard InChI is InChI=1S/C23H22N8/c1-30-8-10-31(11-9-30)20-5-7-25-22-16(20)13-19(27-22)21-17-12-15(14-26-23(17)29-28-21)18-4-2-3-6-24-18/h2-7,12-14H,8-11H2,1H3,(H,25,27)(H,26,28,29). The lowest BCUT2D eigenvalue weighted by Crippen LogP contribution is -2.44. The number of hydrogen-bond donors (Lipinski definition) is 2. The summed E-state index contributed by atoms with van der Waals surface area (Å²) in [7, 11) is 2.17. The summed E-state index contributed by atoms with van der Waals surface area (Å²) in [5, 5.41) is 9.69. The van der Waals surface area contributed by atoms with Gasteiger partial charge in [0.15, 0.2) is 5.65 Å². The number of pyridine rings is 3. The zero-order valence-corrected chi connectivity index (χ0v) is 17.2. The van der Waals surface area contributed by atoms with Crippen LogP contribution in [-0.2, 0) is 0 Å². The van der Waals surface area contributed by atoms with E-state index in [4.69, 9.17) is 0 Å². The van der Waals surface area contributed by atoms with E-state index in [1.165, 1.54) is 5.69 Å². The minimum absolute atomic E-state index is 0.751. The maximum absolute atomic E-state index is 4.57. The first-order chi connectivity index (χ1) is 15.3. The molecule has 0 atom stereocenters. The molecule has 0 spiro atoms. The van der Waals surface area contributed by atoms with Crippen molar-refractivity contribution in [3.63, 3.8) is 0 Å². The first-order valence-corrected chi connectivity index (χ1v) is 10.4. The van der Waals surface area contributed by atoms with Gasteiger partial charge in [-0.3, -0.25) is 10.1 Å². The molecule has 2 N–H and O–H groups in total. The van der Waals surface area contributed by atoms with Gasteiger partial charge >= 0.3 is 0 Å². The fourth-order valence-corrected chi connectivity index (χ4v) is 4.25. The van der Waals surface area contributed by atoms with Crippen LogP contribution < -0.4 is 4.90 Å². The average Bonchev–Trinajstić information content (AvgIpc) is 3.43. The number of aromatic amines is 2. The zero-order chi connectivity index (χ0) is 20.8. The lowest BCUT2D eigenvalue weighted by molar-refractivity contribution is 0.313. The number of aromatic nitrogens is 6. The fourth-order valence-electron chi connectivity index (χ4n) is 4.25. The van der Waals surface area contributed by atoms with Crippen molar-refractivity contribution in [2.75, 3.05) is 38.1 Å². The Morgan fingerprint density at radius 2 is 1.77 bits per heavy atom.